The van der Waals surface area contributed by atoms with E-state index in [0.29, 0.717) is 12.8 Å². The zero-order chi connectivity index (χ0) is 35.9. The van der Waals surface area contributed by atoms with Crippen molar-refractivity contribution in [3.05, 3.63) is 0 Å². The third-order valence-corrected chi connectivity index (χ3v) is 10.7. The van der Waals surface area contributed by atoms with Crippen molar-refractivity contribution in [1.29, 1.82) is 0 Å². The van der Waals surface area contributed by atoms with E-state index in [0.717, 1.165) is 32.1 Å². The van der Waals surface area contributed by atoms with Crippen LogP contribution in [0.2, 0.25) is 0 Å². The van der Waals surface area contributed by atoms with E-state index >= 15 is 0 Å². The van der Waals surface area contributed by atoms with Crippen molar-refractivity contribution in [2.24, 2.45) is 0 Å². The quantitative estimate of drug-likeness (QED) is 0.0479. The lowest BCUT2D eigenvalue weighted by atomic mass is 9.99. The average Bonchev–Trinajstić information content (AvgIpc) is 3.10. The van der Waals surface area contributed by atoms with Gasteiger partial charge in [0.1, 0.15) is 6.10 Å². The number of carbonyl (C=O) groups is 1. The van der Waals surface area contributed by atoms with Gasteiger partial charge < -0.3 is 20.6 Å². The van der Waals surface area contributed by atoms with Crippen LogP contribution in [0.5, 0.6) is 0 Å². The van der Waals surface area contributed by atoms with Gasteiger partial charge in [0.15, 0.2) is 0 Å². The maximum atomic E-state index is 12.4. The minimum absolute atomic E-state index is 0.140. The van der Waals surface area contributed by atoms with Crippen molar-refractivity contribution in [3.8, 4) is 0 Å². The summed E-state index contributed by atoms with van der Waals surface area (Å²) in [6, 6.07) is -0.802. The molecule has 0 aliphatic rings. The van der Waals surface area contributed by atoms with Crippen LogP contribution in [0.3, 0.4) is 0 Å². The summed E-state index contributed by atoms with van der Waals surface area (Å²) in [6.45, 7) is 4.19. The summed E-state index contributed by atoms with van der Waals surface area (Å²) in [5, 5.41) is 33.5. The van der Waals surface area contributed by atoms with Crippen molar-refractivity contribution in [1.82, 2.24) is 5.32 Å². The van der Waals surface area contributed by atoms with Crippen LogP contribution >= 0.6 is 0 Å². The number of aliphatic hydroxyl groups is 3. The number of hydrogen-bond donors (Lipinski definition) is 4. The fourth-order valence-electron chi connectivity index (χ4n) is 7.22. The summed E-state index contributed by atoms with van der Waals surface area (Å²) in [5.74, 6) is -0.140. The maximum Gasteiger partial charge on any atom is 0.220 e. The average molecular weight is 696 g/mol. The van der Waals surface area contributed by atoms with Crippen LogP contribution < -0.4 is 5.32 Å². The summed E-state index contributed by atoms with van der Waals surface area (Å²) in [5.41, 5.74) is 0. The number of hydrogen-bond acceptors (Lipinski definition) is 4. The highest BCUT2D eigenvalue weighted by Gasteiger charge is 2.26. The summed E-state index contributed by atoms with van der Waals surface area (Å²) in [7, 11) is 0. The highest BCUT2D eigenvalue weighted by atomic mass is 16.3. The maximum absolute atomic E-state index is 12.4. The second-order valence-electron chi connectivity index (χ2n) is 15.6. The van der Waals surface area contributed by atoms with Gasteiger partial charge in [0, 0.05) is 6.42 Å². The first-order valence-electron chi connectivity index (χ1n) is 22.3. The zero-order valence-electron chi connectivity index (χ0n) is 33.4. The van der Waals surface area contributed by atoms with Gasteiger partial charge in [0.25, 0.3) is 0 Å². The van der Waals surface area contributed by atoms with E-state index < -0.39 is 18.2 Å². The zero-order valence-corrected chi connectivity index (χ0v) is 33.4. The van der Waals surface area contributed by atoms with Crippen LogP contribution in [0.4, 0.5) is 0 Å². The third kappa shape index (κ3) is 35.5. The van der Waals surface area contributed by atoms with E-state index in [2.05, 4.69) is 19.2 Å². The first-order valence-corrected chi connectivity index (χ1v) is 22.3. The summed E-state index contributed by atoms with van der Waals surface area (Å²) < 4.78 is 0. The molecule has 5 heteroatoms. The van der Waals surface area contributed by atoms with Gasteiger partial charge in [-0.05, 0) is 12.8 Å². The lowest BCUT2D eigenvalue weighted by molar-refractivity contribution is -0.124. The van der Waals surface area contributed by atoms with Gasteiger partial charge in [-0.15, -0.1) is 0 Å². The van der Waals surface area contributed by atoms with Gasteiger partial charge in [0.05, 0.1) is 18.8 Å². The number of amides is 1. The van der Waals surface area contributed by atoms with E-state index in [9.17, 15) is 20.1 Å². The Morgan fingerprint density at radius 1 is 0.429 bits per heavy atom. The Bertz CT molecular complexity index is 644. The van der Waals surface area contributed by atoms with Gasteiger partial charge in [-0.1, -0.05) is 232 Å². The second kappa shape index (κ2) is 40.1. The van der Waals surface area contributed by atoms with Crippen molar-refractivity contribution in [3.63, 3.8) is 0 Å². The molecule has 294 valence electrons. The molecule has 0 rings (SSSR count). The van der Waals surface area contributed by atoms with E-state index in [4.69, 9.17) is 0 Å². The molecule has 0 aromatic heterocycles. The van der Waals surface area contributed by atoms with Crippen LogP contribution in [0, 0.1) is 0 Å². The van der Waals surface area contributed by atoms with Crippen molar-refractivity contribution in [2.75, 3.05) is 6.61 Å². The first-order chi connectivity index (χ1) is 24.1. The van der Waals surface area contributed by atoms with E-state index in [1.54, 1.807) is 0 Å². The number of nitrogens with one attached hydrogen (secondary N) is 1. The van der Waals surface area contributed by atoms with E-state index in [1.165, 1.54) is 193 Å². The molecule has 1 amide bonds. The lowest BCUT2D eigenvalue weighted by Crippen LogP contribution is -2.50. The molecule has 0 fully saturated rings. The Balaban J connectivity index is 3.53. The van der Waals surface area contributed by atoms with Gasteiger partial charge in [0.2, 0.25) is 5.91 Å². The molecule has 0 spiro atoms. The highest BCUT2D eigenvalue weighted by molar-refractivity contribution is 5.76. The standard InChI is InChI=1S/C44H89NO4/c1-3-5-7-9-11-13-15-17-18-19-20-21-22-23-24-25-26-27-29-31-33-35-37-39-43(48)45-41(40-46)44(49)42(47)38-36-34-32-30-28-16-14-12-10-8-6-4-2/h41-42,44,46-47,49H,3-40H2,1-2H3,(H,45,48)/t41-,42+,44-/m0/s1. The molecule has 0 saturated carbocycles. The number of carbonyl (C=O) groups excluding carboxylic acids is 1. The van der Waals surface area contributed by atoms with Crippen molar-refractivity contribution >= 4 is 5.91 Å². The predicted molar refractivity (Wildman–Crippen MR) is 213 cm³/mol. The number of aliphatic hydroxyl groups excluding tert-OH is 3. The van der Waals surface area contributed by atoms with Gasteiger partial charge >= 0.3 is 0 Å². The molecule has 0 radical (unpaired) electrons. The Morgan fingerprint density at radius 2 is 0.694 bits per heavy atom. The molecular weight excluding hydrogens is 606 g/mol. The molecular formula is C44H89NO4. The monoisotopic (exact) mass is 696 g/mol. The topological polar surface area (TPSA) is 89.8 Å². The lowest BCUT2D eigenvalue weighted by Gasteiger charge is -2.26. The van der Waals surface area contributed by atoms with Crippen molar-refractivity contribution < 1.29 is 20.1 Å². The minimum Gasteiger partial charge on any atom is -0.394 e. The molecule has 0 aromatic carbocycles. The molecule has 0 bridgehead atoms. The molecule has 0 saturated heterocycles. The molecule has 0 aromatic rings. The SMILES string of the molecule is CCCCCCCCCCCCCCCCCCCCCCCCCC(=O)N[C@@H](CO)[C@H](O)[C@H](O)CCCCCCCCCCCCCC. The molecule has 0 aliphatic carbocycles. The number of rotatable bonds is 41. The first kappa shape index (κ1) is 48.3. The Morgan fingerprint density at radius 3 is 0.980 bits per heavy atom. The Labute approximate surface area is 307 Å². The Kier molecular flexibility index (Phi) is 39.6. The third-order valence-electron chi connectivity index (χ3n) is 10.7. The largest absolute Gasteiger partial charge is 0.394 e. The summed E-state index contributed by atoms with van der Waals surface area (Å²) >= 11 is 0. The molecule has 0 unspecified atom stereocenters. The molecule has 5 nitrogen and oxygen atoms in total. The normalized spacial score (nSPS) is 13.5. The van der Waals surface area contributed by atoms with Crippen LogP contribution in [0.25, 0.3) is 0 Å². The fraction of sp³-hybridized carbons (Fsp3) is 0.977. The predicted octanol–water partition coefficient (Wildman–Crippen LogP) is 12.7. The molecule has 3 atom stereocenters. The van der Waals surface area contributed by atoms with E-state index in [1.807, 2.05) is 0 Å². The highest BCUT2D eigenvalue weighted by Crippen LogP contribution is 2.17. The Hall–Kier alpha value is -0.650. The minimum atomic E-state index is -1.13. The van der Waals surface area contributed by atoms with Crippen LogP contribution in [0.15, 0.2) is 0 Å². The fourth-order valence-corrected chi connectivity index (χ4v) is 7.22. The van der Waals surface area contributed by atoms with Crippen molar-refractivity contribution in [2.45, 2.75) is 270 Å². The molecule has 4 N–H and O–H groups in total. The van der Waals surface area contributed by atoms with Crippen LogP contribution in [-0.2, 0) is 4.79 Å². The summed E-state index contributed by atoms with van der Waals surface area (Å²) in [4.78, 5) is 12.4. The van der Waals surface area contributed by atoms with Gasteiger partial charge in [-0.3, -0.25) is 4.79 Å². The van der Waals surface area contributed by atoms with Gasteiger partial charge in [-0.25, -0.2) is 0 Å². The number of unbranched alkanes of at least 4 members (excludes halogenated alkanes) is 33. The molecule has 0 aliphatic heterocycles. The molecule has 49 heavy (non-hydrogen) atoms. The van der Waals surface area contributed by atoms with Gasteiger partial charge in [-0.2, -0.15) is 0 Å². The smallest absolute Gasteiger partial charge is 0.220 e. The van der Waals surface area contributed by atoms with Crippen LogP contribution in [0.1, 0.15) is 251 Å². The molecule has 0 heterocycles. The summed E-state index contributed by atoms with van der Waals surface area (Å²) in [6.07, 6.45) is 45.0. The van der Waals surface area contributed by atoms with Crippen LogP contribution in [-0.4, -0.2) is 46.1 Å². The van der Waals surface area contributed by atoms with E-state index in [-0.39, 0.29) is 12.5 Å². The second-order valence-corrected chi connectivity index (χ2v) is 15.6.